The predicted molar refractivity (Wildman–Crippen MR) is 82.7 cm³/mol. The van der Waals surface area contributed by atoms with Crippen LogP contribution < -0.4 is 10.6 Å². The van der Waals surface area contributed by atoms with E-state index in [1.54, 1.807) is 19.2 Å². The van der Waals surface area contributed by atoms with Gasteiger partial charge in [0.25, 0.3) is 5.91 Å². The zero-order chi connectivity index (χ0) is 16.7. The van der Waals surface area contributed by atoms with Crippen LogP contribution in [0.4, 0.5) is 20.2 Å². The monoisotopic (exact) mass is 321 g/mol. The molecule has 0 aliphatic heterocycles. The lowest BCUT2D eigenvalue weighted by Crippen LogP contribution is -2.26. The third-order valence-electron chi connectivity index (χ3n) is 3.02. The van der Waals surface area contributed by atoms with Crippen LogP contribution >= 0.6 is 0 Å². The largest absolute Gasteiger partial charge is 0.385 e. The van der Waals surface area contributed by atoms with E-state index >= 15 is 0 Å². The van der Waals surface area contributed by atoms with Crippen molar-refractivity contribution in [3.8, 4) is 0 Å². The molecule has 2 N–H and O–H groups in total. The average molecular weight is 321 g/mol. The Balaban J connectivity index is 1.93. The van der Waals surface area contributed by atoms with Gasteiger partial charge in [-0.15, -0.1) is 0 Å². The molecule has 0 fully saturated rings. The Labute approximate surface area is 132 Å². The van der Waals surface area contributed by atoms with Crippen LogP contribution in [0, 0.1) is 11.6 Å². The zero-order valence-corrected chi connectivity index (χ0v) is 12.6. The molecule has 1 heterocycles. The van der Waals surface area contributed by atoms with E-state index in [-0.39, 0.29) is 11.6 Å². The highest BCUT2D eigenvalue weighted by molar-refractivity contribution is 5.92. The summed E-state index contributed by atoms with van der Waals surface area (Å²) in [6.45, 7) is 1.08. The third-order valence-corrected chi connectivity index (χ3v) is 3.02. The van der Waals surface area contributed by atoms with Gasteiger partial charge < -0.3 is 15.4 Å². The van der Waals surface area contributed by atoms with Crippen LogP contribution in [0.1, 0.15) is 16.9 Å². The number of amides is 1. The molecule has 2 rings (SSSR count). The van der Waals surface area contributed by atoms with Crippen molar-refractivity contribution in [1.82, 2.24) is 10.3 Å². The highest BCUT2D eigenvalue weighted by Crippen LogP contribution is 2.18. The predicted octanol–water partition coefficient (Wildman–Crippen LogP) is 2.87. The van der Waals surface area contributed by atoms with Crippen molar-refractivity contribution < 1.29 is 18.3 Å². The van der Waals surface area contributed by atoms with E-state index in [0.29, 0.717) is 24.5 Å². The molecule has 0 bridgehead atoms. The van der Waals surface area contributed by atoms with E-state index in [9.17, 15) is 13.6 Å². The van der Waals surface area contributed by atoms with Crippen molar-refractivity contribution in [2.45, 2.75) is 6.42 Å². The van der Waals surface area contributed by atoms with Gasteiger partial charge in [0.1, 0.15) is 5.69 Å². The minimum atomic E-state index is -0.935. The van der Waals surface area contributed by atoms with Crippen LogP contribution in [0.2, 0.25) is 0 Å². The van der Waals surface area contributed by atoms with Crippen molar-refractivity contribution in [2.75, 3.05) is 25.6 Å². The summed E-state index contributed by atoms with van der Waals surface area (Å²) in [6.07, 6.45) is 2.17. The number of hydrogen-bond donors (Lipinski definition) is 2. The van der Waals surface area contributed by atoms with Gasteiger partial charge in [0, 0.05) is 32.0 Å². The van der Waals surface area contributed by atoms with Crippen LogP contribution in [0.5, 0.6) is 0 Å². The molecular formula is C16H17F2N3O2. The number of pyridine rings is 1. The Morgan fingerprint density at radius 2 is 1.96 bits per heavy atom. The lowest BCUT2D eigenvalue weighted by molar-refractivity contribution is 0.0943. The van der Waals surface area contributed by atoms with Crippen molar-refractivity contribution in [3.63, 3.8) is 0 Å². The number of anilines is 2. The Hall–Kier alpha value is -2.54. The second kappa shape index (κ2) is 8.19. The Bertz CT molecular complexity index is 663. The molecule has 0 atom stereocenters. The van der Waals surface area contributed by atoms with E-state index in [1.807, 2.05) is 0 Å². The number of aromatic nitrogens is 1. The number of ether oxygens (including phenoxy) is 1. The van der Waals surface area contributed by atoms with Crippen LogP contribution in [0.25, 0.3) is 0 Å². The maximum absolute atomic E-state index is 13.1. The fourth-order valence-electron chi connectivity index (χ4n) is 1.85. The van der Waals surface area contributed by atoms with Crippen molar-refractivity contribution >= 4 is 17.3 Å². The summed E-state index contributed by atoms with van der Waals surface area (Å²) in [4.78, 5) is 15.9. The average Bonchev–Trinajstić information content (AvgIpc) is 2.55. The number of methoxy groups -OCH3 is 1. The molecule has 0 radical (unpaired) electrons. The van der Waals surface area contributed by atoms with Gasteiger partial charge in [-0.05, 0) is 30.7 Å². The Kier molecular flexibility index (Phi) is 5.99. The molecule has 122 valence electrons. The fraction of sp³-hybridized carbons (Fsp3) is 0.250. The highest BCUT2D eigenvalue weighted by Gasteiger charge is 2.07. The van der Waals surface area contributed by atoms with E-state index in [0.717, 1.165) is 18.6 Å². The lowest BCUT2D eigenvalue weighted by Gasteiger charge is -2.08. The number of carbonyl (C=O) groups is 1. The van der Waals surface area contributed by atoms with Gasteiger partial charge in [-0.3, -0.25) is 4.79 Å². The van der Waals surface area contributed by atoms with Gasteiger partial charge in [-0.25, -0.2) is 13.8 Å². The molecule has 0 aliphatic carbocycles. The third kappa shape index (κ3) is 5.00. The first kappa shape index (κ1) is 16.8. The molecule has 1 aromatic heterocycles. The SMILES string of the molecule is COCCCNC(=O)c1ccc(Nc2ccc(F)c(F)c2)cn1. The first-order valence-corrected chi connectivity index (χ1v) is 7.05. The van der Waals surface area contributed by atoms with Crippen molar-refractivity contribution in [3.05, 3.63) is 53.9 Å². The number of carbonyl (C=O) groups excluding carboxylic acids is 1. The minimum Gasteiger partial charge on any atom is -0.385 e. The van der Waals surface area contributed by atoms with Crippen molar-refractivity contribution in [1.29, 1.82) is 0 Å². The quantitative estimate of drug-likeness (QED) is 0.770. The number of benzene rings is 1. The number of halogens is 2. The summed E-state index contributed by atoms with van der Waals surface area (Å²) in [6, 6.07) is 6.68. The first-order valence-electron chi connectivity index (χ1n) is 7.05. The molecule has 0 saturated carbocycles. The fourth-order valence-corrected chi connectivity index (χ4v) is 1.85. The maximum atomic E-state index is 13.1. The molecule has 1 amide bonds. The van der Waals surface area contributed by atoms with Gasteiger partial charge in [-0.1, -0.05) is 0 Å². The minimum absolute atomic E-state index is 0.276. The summed E-state index contributed by atoms with van der Waals surface area (Å²) >= 11 is 0. The number of nitrogens with one attached hydrogen (secondary N) is 2. The van der Waals surface area contributed by atoms with E-state index in [4.69, 9.17) is 4.74 Å². The van der Waals surface area contributed by atoms with E-state index < -0.39 is 11.6 Å². The van der Waals surface area contributed by atoms with Crippen LogP contribution in [0.15, 0.2) is 36.5 Å². The maximum Gasteiger partial charge on any atom is 0.269 e. The summed E-state index contributed by atoms with van der Waals surface area (Å²) in [7, 11) is 1.60. The summed E-state index contributed by atoms with van der Waals surface area (Å²) in [5, 5.41) is 5.60. The molecule has 0 aliphatic rings. The van der Waals surface area contributed by atoms with Crippen LogP contribution in [-0.4, -0.2) is 31.2 Å². The smallest absolute Gasteiger partial charge is 0.269 e. The second-order valence-electron chi connectivity index (χ2n) is 4.79. The van der Waals surface area contributed by atoms with E-state index in [1.165, 1.54) is 12.3 Å². The Morgan fingerprint density at radius 1 is 1.17 bits per heavy atom. The molecule has 23 heavy (non-hydrogen) atoms. The Morgan fingerprint density at radius 3 is 2.61 bits per heavy atom. The van der Waals surface area contributed by atoms with Gasteiger partial charge in [-0.2, -0.15) is 0 Å². The van der Waals surface area contributed by atoms with Crippen LogP contribution in [0.3, 0.4) is 0 Å². The molecule has 1 aromatic carbocycles. The number of rotatable bonds is 7. The molecule has 2 aromatic rings. The molecule has 0 saturated heterocycles. The van der Waals surface area contributed by atoms with Gasteiger partial charge in [0.05, 0.1) is 11.9 Å². The molecule has 0 spiro atoms. The zero-order valence-electron chi connectivity index (χ0n) is 12.6. The van der Waals surface area contributed by atoms with Crippen molar-refractivity contribution in [2.24, 2.45) is 0 Å². The first-order chi connectivity index (χ1) is 11.1. The topological polar surface area (TPSA) is 63.2 Å². The summed E-state index contributed by atoms with van der Waals surface area (Å²) in [5.41, 5.74) is 1.23. The standard InChI is InChI=1S/C16H17F2N3O2/c1-23-8-2-7-19-16(22)15-6-4-12(10-20-15)21-11-3-5-13(17)14(18)9-11/h3-6,9-10,21H,2,7-8H2,1H3,(H,19,22). The highest BCUT2D eigenvalue weighted by atomic mass is 19.2. The lowest BCUT2D eigenvalue weighted by atomic mass is 10.2. The molecule has 7 heteroatoms. The number of nitrogens with zero attached hydrogens (tertiary/aromatic N) is 1. The summed E-state index contributed by atoms with van der Waals surface area (Å²) in [5.74, 6) is -2.12. The van der Waals surface area contributed by atoms with E-state index in [2.05, 4.69) is 15.6 Å². The molecular weight excluding hydrogens is 304 g/mol. The second-order valence-corrected chi connectivity index (χ2v) is 4.79. The van der Waals surface area contributed by atoms with Gasteiger partial charge in [0.15, 0.2) is 11.6 Å². The molecule has 5 nitrogen and oxygen atoms in total. The normalized spacial score (nSPS) is 10.4. The molecule has 0 unspecified atom stereocenters. The van der Waals surface area contributed by atoms with Gasteiger partial charge >= 0.3 is 0 Å². The van der Waals surface area contributed by atoms with Gasteiger partial charge in [0.2, 0.25) is 0 Å². The number of hydrogen-bond acceptors (Lipinski definition) is 4. The summed E-state index contributed by atoms with van der Waals surface area (Å²) < 4.78 is 30.9. The van der Waals surface area contributed by atoms with Crippen LogP contribution in [-0.2, 0) is 4.74 Å².